The number of amides is 1. The summed E-state index contributed by atoms with van der Waals surface area (Å²) in [4.78, 5) is 18.7. The first-order valence-electron chi connectivity index (χ1n) is 7.68. The summed E-state index contributed by atoms with van der Waals surface area (Å²) in [5.74, 6) is 0.602. The minimum atomic E-state index is -0.104. The lowest BCUT2D eigenvalue weighted by atomic mass is 10.0. The molecule has 0 atom stereocenters. The third-order valence-corrected chi connectivity index (χ3v) is 4.57. The lowest BCUT2D eigenvalue weighted by Crippen LogP contribution is -2.45. The molecule has 124 valence electrons. The van der Waals surface area contributed by atoms with Gasteiger partial charge in [0.25, 0.3) is 5.91 Å². The van der Waals surface area contributed by atoms with Crippen LogP contribution in [0.25, 0.3) is 0 Å². The van der Waals surface area contributed by atoms with Crippen molar-refractivity contribution in [3.8, 4) is 6.07 Å². The Kier molecular flexibility index (Phi) is 4.81. The lowest BCUT2D eigenvalue weighted by molar-refractivity contribution is 0.0921. The number of nitrogens with one attached hydrogen (secondary N) is 1. The van der Waals surface area contributed by atoms with Crippen LogP contribution in [0.4, 0.5) is 5.82 Å². The van der Waals surface area contributed by atoms with Crippen LogP contribution in [0.15, 0.2) is 29.0 Å². The Balaban J connectivity index is 1.61. The van der Waals surface area contributed by atoms with Crippen molar-refractivity contribution in [1.82, 2.24) is 20.1 Å². The average Bonchev–Trinajstić information content (AvgIpc) is 3.02. The van der Waals surface area contributed by atoms with Gasteiger partial charge in [-0.3, -0.25) is 9.48 Å². The number of nitrogens with zero attached hydrogens (tertiary/aromatic N) is 5. The zero-order valence-corrected chi connectivity index (χ0v) is 14.8. The Morgan fingerprint density at radius 1 is 1.46 bits per heavy atom. The highest BCUT2D eigenvalue weighted by atomic mass is 79.9. The molecule has 0 unspecified atom stereocenters. The third kappa shape index (κ3) is 3.41. The zero-order valence-electron chi connectivity index (χ0n) is 13.2. The second-order valence-corrected chi connectivity index (χ2v) is 6.63. The maximum Gasteiger partial charge on any atom is 0.269 e. The van der Waals surface area contributed by atoms with Crippen molar-refractivity contribution in [2.45, 2.75) is 18.9 Å². The van der Waals surface area contributed by atoms with E-state index < -0.39 is 0 Å². The molecule has 24 heavy (non-hydrogen) atoms. The summed E-state index contributed by atoms with van der Waals surface area (Å²) in [6, 6.07) is 5.78. The Bertz CT molecular complexity index is 788. The number of aryl methyl sites for hydroxylation is 1. The molecule has 0 aromatic carbocycles. The number of nitriles is 1. The van der Waals surface area contributed by atoms with E-state index >= 15 is 0 Å². The number of carbonyl (C=O) groups is 1. The van der Waals surface area contributed by atoms with Gasteiger partial charge in [0.05, 0.1) is 5.56 Å². The Labute approximate surface area is 148 Å². The number of aromatic nitrogens is 3. The summed E-state index contributed by atoms with van der Waals surface area (Å²) >= 11 is 3.34. The molecule has 1 saturated heterocycles. The highest BCUT2D eigenvalue weighted by Crippen LogP contribution is 2.24. The zero-order chi connectivity index (χ0) is 17.1. The van der Waals surface area contributed by atoms with Gasteiger partial charge < -0.3 is 10.2 Å². The van der Waals surface area contributed by atoms with E-state index in [1.165, 1.54) is 0 Å². The summed E-state index contributed by atoms with van der Waals surface area (Å²) in [6.07, 6.45) is 4.94. The van der Waals surface area contributed by atoms with Crippen LogP contribution in [0, 0.1) is 11.3 Å². The molecule has 2 aromatic heterocycles. The molecule has 0 saturated carbocycles. The largest absolute Gasteiger partial charge is 0.355 e. The normalized spacial score (nSPS) is 15.1. The number of rotatable bonds is 3. The molecule has 2 aromatic rings. The molecule has 7 nitrogen and oxygen atoms in total. The van der Waals surface area contributed by atoms with Crippen molar-refractivity contribution < 1.29 is 4.79 Å². The molecule has 1 aliphatic rings. The number of hydrogen-bond donors (Lipinski definition) is 1. The van der Waals surface area contributed by atoms with Crippen LogP contribution in [0.3, 0.4) is 0 Å². The molecule has 1 fully saturated rings. The first-order valence-corrected chi connectivity index (χ1v) is 8.47. The molecular weight excluding hydrogens is 372 g/mol. The Hall–Kier alpha value is -2.40. The van der Waals surface area contributed by atoms with Crippen molar-refractivity contribution in [2.24, 2.45) is 7.05 Å². The van der Waals surface area contributed by atoms with Crippen LogP contribution in [0.1, 0.15) is 28.9 Å². The lowest BCUT2D eigenvalue weighted by Gasteiger charge is -2.33. The van der Waals surface area contributed by atoms with Gasteiger partial charge in [0.1, 0.15) is 17.6 Å². The molecule has 3 heterocycles. The van der Waals surface area contributed by atoms with Gasteiger partial charge in [-0.05, 0) is 40.9 Å². The predicted molar refractivity (Wildman–Crippen MR) is 92.6 cm³/mol. The topological polar surface area (TPSA) is 86.8 Å². The van der Waals surface area contributed by atoms with Crippen molar-refractivity contribution >= 4 is 27.7 Å². The SMILES string of the molecule is Cn1nccc1C(=O)NC1CCN(c2ncc(Br)cc2C#N)CC1. The summed E-state index contributed by atoms with van der Waals surface area (Å²) in [5, 5.41) is 16.3. The van der Waals surface area contributed by atoms with Gasteiger partial charge in [-0.15, -0.1) is 0 Å². The summed E-state index contributed by atoms with van der Waals surface area (Å²) in [6.45, 7) is 1.50. The van der Waals surface area contributed by atoms with E-state index in [1.807, 2.05) is 0 Å². The number of pyridine rings is 1. The third-order valence-electron chi connectivity index (χ3n) is 4.14. The number of piperidine rings is 1. The monoisotopic (exact) mass is 388 g/mol. The molecule has 1 amide bonds. The maximum absolute atomic E-state index is 12.2. The fourth-order valence-corrected chi connectivity index (χ4v) is 3.19. The molecule has 1 aliphatic heterocycles. The molecule has 0 spiro atoms. The predicted octanol–water partition coefficient (Wildman–Crippen LogP) is 1.85. The average molecular weight is 389 g/mol. The van der Waals surface area contributed by atoms with E-state index in [1.54, 1.807) is 36.3 Å². The summed E-state index contributed by atoms with van der Waals surface area (Å²) < 4.78 is 2.36. The van der Waals surface area contributed by atoms with Crippen molar-refractivity contribution in [2.75, 3.05) is 18.0 Å². The Morgan fingerprint density at radius 3 is 2.83 bits per heavy atom. The number of anilines is 1. The fourth-order valence-electron chi connectivity index (χ4n) is 2.86. The highest BCUT2D eigenvalue weighted by molar-refractivity contribution is 9.10. The molecule has 3 rings (SSSR count). The highest BCUT2D eigenvalue weighted by Gasteiger charge is 2.24. The van der Waals surface area contributed by atoms with E-state index in [9.17, 15) is 10.1 Å². The summed E-state index contributed by atoms with van der Waals surface area (Å²) in [7, 11) is 1.75. The van der Waals surface area contributed by atoms with Crippen LogP contribution in [0.5, 0.6) is 0 Å². The summed E-state index contributed by atoms with van der Waals surface area (Å²) in [5.41, 5.74) is 1.11. The van der Waals surface area contributed by atoms with Crippen molar-refractivity contribution in [1.29, 1.82) is 5.26 Å². The second kappa shape index (κ2) is 7.01. The standard InChI is InChI=1S/C16H17BrN6O/c1-22-14(2-5-20-22)16(24)21-13-3-6-23(7-4-13)15-11(9-18)8-12(17)10-19-15/h2,5,8,10,13H,3-4,6-7H2,1H3,(H,21,24). The van der Waals surface area contributed by atoms with Gasteiger partial charge in [-0.25, -0.2) is 4.98 Å². The number of halogens is 1. The smallest absolute Gasteiger partial charge is 0.269 e. The molecule has 8 heteroatoms. The first-order chi connectivity index (χ1) is 11.6. The van der Waals surface area contributed by atoms with E-state index in [0.29, 0.717) is 17.1 Å². The van der Waals surface area contributed by atoms with Gasteiger partial charge in [-0.2, -0.15) is 10.4 Å². The molecule has 0 radical (unpaired) electrons. The number of hydrogen-bond acceptors (Lipinski definition) is 5. The minimum Gasteiger partial charge on any atom is -0.355 e. The molecule has 1 N–H and O–H groups in total. The van der Waals surface area contributed by atoms with Gasteiger partial charge in [0.2, 0.25) is 0 Å². The van der Waals surface area contributed by atoms with Crippen LogP contribution in [0.2, 0.25) is 0 Å². The Morgan fingerprint density at radius 2 is 2.21 bits per heavy atom. The van der Waals surface area contributed by atoms with Gasteiger partial charge in [0, 0.05) is 43.0 Å². The van der Waals surface area contributed by atoms with E-state index in [4.69, 9.17) is 0 Å². The first kappa shape index (κ1) is 16.5. The second-order valence-electron chi connectivity index (χ2n) is 5.71. The van der Waals surface area contributed by atoms with Gasteiger partial charge >= 0.3 is 0 Å². The molecular formula is C16H17BrN6O. The minimum absolute atomic E-state index is 0.104. The van der Waals surface area contributed by atoms with Crippen LogP contribution in [-0.4, -0.2) is 39.8 Å². The van der Waals surface area contributed by atoms with E-state index in [2.05, 4.69) is 42.3 Å². The van der Waals surface area contributed by atoms with Crippen molar-refractivity contribution in [3.05, 3.63) is 40.3 Å². The fraction of sp³-hybridized carbons (Fsp3) is 0.375. The van der Waals surface area contributed by atoms with Crippen molar-refractivity contribution in [3.63, 3.8) is 0 Å². The van der Waals surface area contributed by atoms with Crippen LogP contribution in [-0.2, 0) is 7.05 Å². The number of carbonyl (C=O) groups excluding carboxylic acids is 1. The van der Waals surface area contributed by atoms with Crippen LogP contribution < -0.4 is 10.2 Å². The molecule has 0 aliphatic carbocycles. The quantitative estimate of drug-likeness (QED) is 0.866. The molecule has 0 bridgehead atoms. The van der Waals surface area contributed by atoms with E-state index in [-0.39, 0.29) is 11.9 Å². The van der Waals surface area contributed by atoms with Gasteiger partial charge in [-0.1, -0.05) is 0 Å². The van der Waals surface area contributed by atoms with Crippen LogP contribution >= 0.6 is 15.9 Å². The maximum atomic E-state index is 12.2. The van der Waals surface area contributed by atoms with E-state index in [0.717, 1.165) is 30.4 Å². The van der Waals surface area contributed by atoms with Gasteiger partial charge in [0.15, 0.2) is 0 Å².